The fourth-order valence-electron chi connectivity index (χ4n) is 4.37. The van der Waals surface area contributed by atoms with Gasteiger partial charge in [0.2, 0.25) is 10.8 Å². The quantitative estimate of drug-likeness (QED) is 0.394. The number of hydrogen-bond acceptors (Lipinski definition) is 3. The number of rotatable bonds is 3. The van der Waals surface area contributed by atoms with Crippen molar-refractivity contribution in [3.63, 3.8) is 0 Å². The molecule has 174 valence electrons. The molecule has 0 N–H and O–H groups in total. The maximum absolute atomic E-state index is 14.0. The van der Waals surface area contributed by atoms with Crippen LogP contribution in [-0.2, 0) is 27.2 Å². The predicted molar refractivity (Wildman–Crippen MR) is 127 cm³/mol. The zero-order valence-corrected chi connectivity index (χ0v) is 19.6. The lowest BCUT2D eigenvalue weighted by atomic mass is 10.0. The number of hydrogen-bond donors (Lipinski definition) is 0. The van der Waals surface area contributed by atoms with E-state index < -0.39 is 22.5 Å². The second-order valence-electron chi connectivity index (χ2n) is 7.87. The van der Waals surface area contributed by atoms with Gasteiger partial charge in [-0.3, -0.25) is 14.5 Å². The van der Waals surface area contributed by atoms with E-state index in [2.05, 4.69) is 0 Å². The molecule has 0 aliphatic carbocycles. The molecule has 3 aromatic carbocycles. The molecule has 4 nitrogen and oxygen atoms in total. The van der Waals surface area contributed by atoms with Crippen LogP contribution >= 0.6 is 35.0 Å². The van der Waals surface area contributed by atoms with Crippen molar-refractivity contribution in [1.82, 2.24) is 0 Å². The van der Waals surface area contributed by atoms with Crippen LogP contribution in [0.3, 0.4) is 0 Å². The van der Waals surface area contributed by atoms with Gasteiger partial charge >= 0.3 is 6.18 Å². The summed E-state index contributed by atoms with van der Waals surface area (Å²) in [7, 11) is 0. The monoisotopic (exact) mass is 522 g/mol. The Balaban J connectivity index is 1.61. The third-order valence-electron chi connectivity index (χ3n) is 5.82. The molecule has 2 heterocycles. The van der Waals surface area contributed by atoms with Gasteiger partial charge < -0.3 is 4.90 Å². The van der Waals surface area contributed by atoms with Gasteiger partial charge in [0.1, 0.15) is 0 Å². The molecule has 0 saturated carbocycles. The Kier molecular flexibility index (Phi) is 5.58. The summed E-state index contributed by atoms with van der Waals surface area (Å²) in [5.74, 6) is -0.641. The van der Waals surface area contributed by atoms with Crippen molar-refractivity contribution in [3.8, 4) is 0 Å². The molecule has 3 aromatic rings. The highest BCUT2D eigenvalue weighted by Gasteiger charge is 2.61. The zero-order valence-electron chi connectivity index (χ0n) is 17.3. The Bertz CT molecular complexity index is 1330. The van der Waals surface area contributed by atoms with Crippen LogP contribution in [0.15, 0.2) is 66.7 Å². The second-order valence-corrected chi connectivity index (χ2v) is 9.85. The molecule has 5 rings (SSSR count). The van der Waals surface area contributed by atoms with E-state index in [1.54, 1.807) is 42.5 Å². The lowest BCUT2D eigenvalue weighted by Gasteiger charge is -2.33. The van der Waals surface area contributed by atoms with Crippen LogP contribution in [-0.4, -0.2) is 17.6 Å². The van der Waals surface area contributed by atoms with E-state index in [9.17, 15) is 22.8 Å². The van der Waals surface area contributed by atoms with Gasteiger partial charge in [-0.15, -0.1) is 11.8 Å². The van der Waals surface area contributed by atoms with Gasteiger partial charge in [-0.25, -0.2) is 0 Å². The van der Waals surface area contributed by atoms with Gasteiger partial charge in [-0.2, -0.15) is 13.2 Å². The first kappa shape index (κ1) is 23.1. The molecule has 0 radical (unpaired) electrons. The number of carbonyl (C=O) groups excluding carboxylic acids is 2. The Morgan fingerprint density at radius 2 is 1.71 bits per heavy atom. The number of fused-ring (bicyclic) bond motifs is 2. The molecule has 1 atom stereocenters. The minimum atomic E-state index is -4.50. The molecule has 0 bridgehead atoms. The van der Waals surface area contributed by atoms with Crippen molar-refractivity contribution in [2.75, 3.05) is 15.6 Å². The maximum Gasteiger partial charge on any atom is 0.416 e. The van der Waals surface area contributed by atoms with Crippen LogP contribution < -0.4 is 9.80 Å². The van der Waals surface area contributed by atoms with Crippen LogP contribution in [0, 0.1) is 0 Å². The first-order chi connectivity index (χ1) is 16.1. The van der Waals surface area contributed by atoms with Crippen LogP contribution in [0.2, 0.25) is 10.0 Å². The predicted octanol–water partition coefficient (Wildman–Crippen LogP) is 6.49. The average Bonchev–Trinajstić information content (AvgIpc) is 3.26. The van der Waals surface area contributed by atoms with E-state index in [0.717, 1.165) is 12.1 Å². The Morgan fingerprint density at radius 3 is 2.44 bits per heavy atom. The van der Waals surface area contributed by atoms with E-state index in [-0.39, 0.29) is 23.2 Å². The summed E-state index contributed by atoms with van der Waals surface area (Å²) in [5, 5.41) is 0.543. The molecule has 0 aromatic heterocycles. The van der Waals surface area contributed by atoms with Crippen molar-refractivity contribution in [2.24, 2.45) is 0 Å². The standard InChI is InChI=1S/C24H15Cl2F3N2O2S/c25-18-9-8-16(11-19(18)26)31-21(32)13-34-23(31)17-6-1-2-7-20(17)30(22(23)33)12-14-4-3-5-15(10-14)24(27,28)29/h1-11H,12-13H2/t23-/m0/s1. The Morgan fingerprint density at radius 1 is 0.941 bits per heavy atom. The first-order valence-corrected chi connectivity index (χ1v) is 11.9. The van der Waals surface area contributed by atoms with E-state index in [4.69, 9.17) is 23.2 Å². The molecule has 1 fully saturated rings. The minimum Gasteiger partial charge on any atom is -0.304 e. The molecule has 1 spiro atoms. The average molecular weight is 523 g/mol. The third-order valence-corrected chi connectivity index (χ3v) is 7.95. The maximum atomic E-state index is 14.0. The van der Waals surface area contributed by atoms with Crippen molar-refractivity contribution in [2.45, 2.75) is 17.6 Å². The van der Waals surface area contributed by atoms with E-state index >= 15 is 0 Å². The number of anilines is 2. The lowest BCUT2D eigenvalue weighted by Crippen LogP contribution is -2.49. The zero-order chi connectivity index (χ0) is 24.3. The Labute approximate surface area is 207 Å². The highest BCUT2D eigenvalue weighted by molar-refractivity contribution is 8.02. The summed E-state index contributed by atoms with van der Waals surface area (Å²) >= 11 is 13.4. The van der Waals surface area contributed by atoms with Gasteiger partial charge in [0.05, 0.1) is 33.6 Å². The molecular weight excluding hydrogens is 508 g/mol. The smallest absolute Gasteiger partial charge is 0.304 e. The van der Waals surface area contributed by atoms with Crippen LogP contribution in [0.1, 0.15) is 16.7 Å². The number of benzene rings is 3. The number of halogens is 5. The molecular formula is C24H15Cl2F3N2O2S. The normalized spacial score (nSPS) is 19.9. The summed E-state index contributed by atoms with van der Waals surface area (Å²) in [4.78, 5) is 28.5. The number of carbonyl (C=O) groups is 2. The topological polar surface area (TPSA) is 40.6 Å². The van der Waals surface area contributed by atoms with Crippen LogP contribution in [0.25, 0.3) is 0 Å². The number of nitrogens with zero attached hydrogens (tertiary/aromatic N) is 2. The lowest BCUT2D eigenvalue weighted by molar-refractivity contribution is -0.137. The molecule has 0 unspecified atom stereocenters. The van der Waals surface area contributed by atoms with Crippen molar-refractivity contribution < 1.29 is 22.8 Å². The van der Waals surface area contributed by atoms with Gasteiger partial charge in [0, 0.05) is 11.3 Å². The minimum absolute atomic E-state index is 0.0533. The van der Waals surface area contributed by atoms with Gasteiger partial charge in [0.25, 0.3) is 5.91 Å². The fourth-order valence-corrected chi connectivity index (χ4v) is 6.02. The molecule has 2 aliphatic heterocycles. The molecule has 2 aliphatic rings. The van der Waals surface area contributed by atoms with Crippen LogP contribution in [0.5, 0.6) is 0 Å². The number of amides is 2. The summed E-state index contributed by atoms with van der Waals surface area (Å²) < 4.78 is 39.7. The number of alkyl halides is 3. The Hall–Kier alpha value is -2.68. The molecule has 34 heavy (non-hydrogen) atoms. The fraction of sp³-hybridized carbons (Fsp3) is 0.167. The van der Waals surface area contributed by atoms with Crippen molar-refractivity contribution in [1.29, 1.82) is 0 Å². The van der Waals surface area contributed by atoms with Gasteiger partial charge in [-0.05, 0) is 42.0 Å². The SMILES string of the molecule is O=C1CS[C@@]2(C(=O)N(Cc3cccc(C(F)(F)F)c3)c3ccccc32)N1c1ccc(Cl)c(Cl)c1. The molecule has 2 amide bonds. The highest BCUT2D eigenvalue weighted by Crippen LogP contribution is 2.56. The molecule has 10 heteroatoms. The summed E-state index contributed by atoms with van der Waals surface area (Å²) in [5.41, 5.74) is 1.08. The second kappa shape index (κ2) is 8.22. The summed E-state index contributed by atoms with van der Waals surface area (Å²) in [6.45, 7) is -0.0779. The number of thioether (sulfide) groups is 1. The summed E-state index contributed by atoms with van der Waals surface area (Å²) in [6.07, 6.45) is -4.50. The summed E-state index contributed by atoms with van der Waals surface area (Å²) in [6, 6.07) is 16.6. The van der Waals surface area contributed by atoms with E-state index in [1.165, 1.54) is 33.7 Å². The first-order valence-electron chi connectivity index (χ1n) is 10.1. The number of para-hydroxylation sites is 1. The molecule has 1 saturated heterocycles. The van der Waals surface area contributed by atoms with E-state index in [1.807, 2.05) is 0 Å². The van der Waals surface area contributed by atoms with Crippen molar-refractivity contribution in [3.05, 3.63) is 93.5 Å². The van der Waals surface area contributed by atoms with Gasteiger partial charge in [0.15, 0.2) is 0 Å². The van der Waals surface area contributed by atoms with Crippen LogP contribution in [0.4, 0.5) is 24.5 Å². The van der Waals surface area contributed by atoms with Crippen molar-refractivity contribution >= 4 is 58.2 Å². The highest BCUT2D eigenvalue weighted by atomic mass is 35.5. The third kappa shape index (κ3) is 3.56. The van der Waals surface area contributed by atoms with Gasteiger partial charge in [-0.1, -0.05) is 53.5 Å². The van der Waals surface area contributed by atoms with E-state index in [0.29, 0.717) is 27.5 Å². The largest absolute Gasteiger partial charge is 0.416 e.